The molecule has 23 heavy (non-hydrogen) atoms. The van der Waals surface area contributed by atoms with Gasteiger partial charge in [-0.1, -0.05) is 12.5 Å². The quantitative estimate of drug-likeness (QED) is 0.779. The number of hydrogen-bond donors (Lipinski definition) is 0. The van der Waals surface area contributed by atoms with Gasteiger partial charge in [0.05, 0.1) is 18.3 Å². The van der Waals surface area contributed by atoms with Crippen LogP contribution in [0.15, 0.2) is 18.2 Å². The van der Waals surface area contributed by atoms with Gasteiger partial charge in [0, 0.05) is 19.6 Å². The number of fused-ring (bicyclic) bond motifs is 1. The largest absolute Gasteiger partial charge is 0.631 e. The zero-order valence-corrected chi connectivity index (χ0v) is 15.3. The highest BCUT2D eigenvalue weighted by Crippen LogP contribution is 2.68. The normalized spacial score (nSPS) is 32.5. The topological polar surface area (TPSA) is 32.8 Å². The van der Waals surface area contributed by atoms with Crippen LogP contribution in [0.1, 0.15) is 43.2 Å². The molecule has 0 saturated carbocycles. The Morgan fingerprint density at radius 2 is 1.65 bits per heavy atom. The van der Waals surface area contributed by atoms with Gasteiger partial charge < -0.3 is 4.89 Å². The van der Waals surface area contributed by atoms with E-state index in [2.05, 4.69) is 46.1 Å². The third-order valence-corrected chi connectivity index (χ3v) is 8.94. The average Bonchev–Trinajstić information content (AvgIpc) is 3.10. The van der Waals surface area contributed by atoms with Crippen LogP contribution in [0.3, 0.4) is 0 Å². The SMILES string of the molecule is Cc1cc(C)cc(N2C[C@@H]3CCCN3[P+]2([O-])N2CCCCC2)c1. The van der Waals surface area contributed by atoms with E-state index < -0.39 is 7.94 Å². The molecule has 3 heterocycles. The molecular weight excluding hydrogens is 305 g/mol. The van der Waals surface area contributed by atoms with Gasteiger partial charge in [0.1, 0.15) is 0 Å². The average molecular weight is 333 g/mol. The second kappa shape index (κ2) is 6.00. The van der Waals surface area contributed by atoms with Crippen LogP contribution < -0.4 is 9.56 Å². The molecule has 0 bridgehead atoms. The number of benzene rings is 1. The first-order valence-corrected chi connectivity index (χ1v) is 10.6. The molecule has 4 nitrogen and oxygen atoms in total. The van der Waals surface area contributed by atoms with Gasteiger partial charge in [-0.3, -0.25) is 0 Å². The summed E-state index contributed by atoms with van der Waals surface area (Å²) in [6.07, 6.45) is 6.04. The Bertz CT molecular complexity index is 569. The molecule has 3 saturated heterocycles. The van der Waals surface area contributed by atoms with Crippen molar-refractivity contribution in [3.8, 4) is 0 Å². The minimum Gasteiger partial charge on any atom is -0.631 e. The van der Waals surface area contributed by atoms with E-state index in [0.717, 1.165) is 31.9 Å². The molecule has 3 aliphatic heterocycles. The highest BCUT2D eigenvalue weighted by atomic mass is 31.2. The molecule has 3 aliphatic rings. The van der Waals surface area contributed by atoms with E-state index in [4.69, 9.17) is 0 Å². The van der Waals surface area contributed by atoms with Crippen molar-refractivity contribution in [2.24, 2.45) is 0 Å². The molecule has 0 amide bonds. The minimum atomic E-state index is -2.62. The summed E-state index contributed by atoms with van der Waals surface area (Å²) in [5, 5.41) is 0. The van der Waals surface area contributed by atoms with Crippen molar-refractivity contribution in [3.63, 3.8) is 0 Å². The fourth-order valence-corrected chi connectivity index (χ4v) is 8.15. The van der Waals surface area contributed by atoms with Gasteiger partial charge in [-0.05, 0) is 62.8 Å². The van der Waals surface area contributed by atoms with Crippen LogP contribution in [0.4, 0.5) is 5.69 Å². The van der Waals surface area contributed by atoms with E-state index in [1.54, 1.807) is 0 Å². The number of piperidine rings is 1. The summed E-state index contributed by atoms with van der Waals surface area (Å²) in [7, 11) is -2.62. The fourth-order valence-electron chi connectivity index (χ4n) is 4.60. The highest BCUT2D eigenvalue weighted by Gasteiger charge is 2.58. The van der Waals surface area contributed by atoms with Crippen LogP contribution in [0, 0.1) is 13.8 Å². The molecular formula is C18H28N3OP. The number of nitrogens with zero attached hydrogens (tertiary/aromatic N) is 3. The van der Waals surface area contributed by atoms with Crippen molar-refractivity contribution in [2.75, 3.05) is 30.8 Å². The maximum atomic E-state index is 14.3. The fraction of sp³-hybridized carbons (Fsp3) is 0.667. The molecule has 5 heteroatoms. The Balaban J connectivity index is 1.74. The molecule has 0 spiro atoms. The van der Waals surface area contributed by atoms with Gasteiger partial charge in [0.15, 0.2) is 0 Å². The van der Waals surface area contributed by atoms with Gasteiger partial charge in [-0.25, -0.2) is 4.67 Å². The lowest BCUT2D eigenvalue weighted by Gasteiger charge is -2.47. The molecule has 1 aromatic carbocycles. The van der Waals surface area contributed by atoms with Crippen LogP contribution in [-0.4, -0.2) is 41.6 Å². The Hall–Kier alpha value is -0.670. The molecule has 0 aliphatic carbocycles. The standard InChI is InChI=1S/C18H28N3OP/c1-15-11-16(2)13-18(12-15)21-14-17-7-6-10-20(17)23(21,22)19-8-4-3-5-9-19/h11-13,17H,3-10,14H2,1-2H3/t17-,23?/m0/s1. The Labute approximate surface area is 140 Å². The summed E-state index contributed by atoms with van der Waals surface area (Å²) >= 11 is 0. The summed E-state index contributed by atoms with van der Waals surface area (Å²) in [4.78, 5) is 14.3. The lowest BCUT2D eigenvalue weighted by atomic mass is 10.1. The minimum absolute atomic E-state index is 0.476. The Morgan fingerprint density at radius 1 is 0.957 bits per heavy atom. The van der Waals surface area contributed by atoms with Crippen molar-refractivity contribution in [1.82, 2.24) is 9.34 Å². The smallest absolute Gasteiger partial charge is 0.209 e. The lowest BCUT2D eigenvalue weighted by Crippen LogP contribution is -2.47. The summed E-state index contributed by atoms with van der Waals surface area (Å²) in [6, 6.07) is 7.10. The van der Waals surface area contributed by atoms with E-state index in [0.29, 0.717) is 6.04 Å². The number of rotatable bonds is 2. The predicted octanol–water partition coefficient (Wildman–Crippen LogP) is 3.11. The van der Waals surface area contributed by atoms with Crippen LogP contribution in [0.2, 0.25) is 0 Å². The third-order valence-electron chi connectivity index (χ3n) is 5.58. The summed E-state index contributed by atoms with van der Waals surface area (Å²) in [5.74, 6) is 0. The molecule has 126 valence electrons. The number of aryl methyl sites for hydroxylation is 2. The monoisotopic (exact) mass is 333 g/mol. The van der Waals surface area contributed by atoms with Crippen LogP contribution >= 0.6 is 7.94 Å². The molecule has 2 atom stereocenters. The maximum Gasteiger partial charge on any atom is 0.209 e. The summed E-state index contributed by atoms with van der Waals surface area (Å²) in [6.45, 7) is 8.18. The van der Waals surface area contributed by atoms with Crippen molar-refractivity contribution in [1.29, 1.82) is 0 Å². The first kappa shape index (κ1) is 15.8. The van der Waals surface area contributed by atoms with Gasteiger partial charge in [0.2, 0.25) is 7.94 Å². The second-order valence-corrected chi connectivity index (χ2v) is 10.0. The lowest BCUT2D eigenvalue weighted by molar-refractivity contribution is -0.194. The highest BCUT2D eigenvalue weighted by molar-refractivity contribution is 7.66. The number of hydrogen-bond acceptors (Lipinski definition) is 4. The molecule has 0 N–H and O–H groups in total. The van der Waals surface area contributed by atoms with E-state index in [1.165, 1.54) is 43.2 Å². The Morgan fingerprint density at radius 3 is 2.35 bits per heavy atom. The van der Waals surface area contributed by atoms with Gasteiger partial charge in [0.25, 0.3) is 0 Å². The molecule has 0 radical (unpaired) electrons. The van der Waals surface area contributed by atoms with Crippen molar-refractivity contribution < 1.29 is 4.89 Å². The number of anilines is 1. The molecule has 1 unspecified atom stereocenters. The van der Waals surface area contributed by atoms with Crippen molar-refractivity contribution in [2.45, 2.75) is 52.0 Å². The van der Waals surface area contributed by atoms with E-state index in [9.17, 15) is 4.89 Å². The zero-order valence-electron chi connectivity index (χ0n) is 14.4. The predicted molar refractivity (Wildman–Crippen MR) is 95.3 cm³/mol. The summed E-state index contributed by atoms with van der Waals surface area (Å²) in [5.41, 5.74) is 3.68. The molecule has 1 aromatic rings. The van der Waals surface area contributed by atoms with Crippen LogP contribution in [-0.2, 0) is 0 Å². The van der Waals surface area contributed by atoms with Gasteiger partial charge in [-0.2, -0.15) is 0 Å². The first-order valence-electron chi connectivity index (χ1n) is 9.08. The first-order chi connectivity index (χ1) is 11.1. The van der Waals surface area contributed by atoms with E-state index in [-0.39, 0.29) is 0 Å². The molecule has 3 fully saturated rings. The van der Waals surface area contributed by atoms with Crippen LogP contribution in [0.25, 0.3) is 0 Å². The van der Waals surface area contributed by atoms with Gasteiger partial charge >= 0.3 is 0 Å². The molecule has 4 rings (SSSR count). The van der Waals surface area contributed by atoms with Crippen molar-refractivity contribution in [3.05, 3.63) is 29.3 Å². The molecule has 0 aromatic heterocycles. The summed E-state index contributed by atoms with van der Waals surface area (Å²) < 4.78 is 6.94. The van der Waals surface area contributed by atoms with E-state index in [1.807, 2.05) is 0 Å². The van der Waals surface area contributed by atoms with Gasteiger partial charge in [-0.15, -0.1) is 9.34 Å². The van der Waals surface area contributed by atoms with E-state index >= 15 is 0 Å². The third kappa shape index (κ3) is 2.60. The zero-order chi connectivity index (χ0) is 16.0. The second-order valence-electron chi connectivity index (χ2n) is 7.41. The van der Waals surface area contributed by atoms with Crippen molar-refractivity contribution >= 4 is 13.6 Å². The maximum absolute atomic E-state index is 14.3. The van der Waals surface area contributed by atoms with Crippen LogP contribution in [0.5, 0.6) is 0 Å². The Kier molecular flexibility index (Phi) is 4.13.